The lowest BCUT2D eigenvalue weighted by Gasteiger charge is -2.31. The highest BCUT2D eigenvalue weighted by molar-refractivity contribution is 6.30. The number of anilines is 2. The number of rotatable bonds is 4. The number of H-pyrrole nitrogens is 1. The van der Waals surface area contributed by atoms with Crippen molar-refractivity contribution in [1.29, 1.82) is 0 Å². The Hall–Kier alpha value is -3.19. The zero-order valence-corrected chi connectivity index (χ0v) is 16.6. The highest BCUT2D eigenvalue weighted by Gasteiger charge is 2.25. The van der Waals surface area contributed by atoms with E-state index in [1.165, 1.54) is 0 Å². The lowest BCUT2D eigenvalue weighted by atomic mass is 10.2. The summed E-state index contributed by atoms with van der Waals surface area (Å²) in [7, 11) is 0. The molecule has 0 aliphatic carbocycles. The van der Waals surface area contributed by atoms with Crippen LogP contribution >= 0.6 is 11.6 Å². The van der Waals surface area contributed by atoms with Gasteiger partial charge in [-0.2, -0.15) is 5.10 Å². The molecule has 0 amide bonds. The molecule has 1 saturated heterocycles. The molecule has 1 fully saturated rings. The fraction of sp³-hybridized carbons (Fsp3) is 0.238. The average Bonchev–Trinajstić information content (AvgIpc) is 3.19. The first-order valence-electron chi connectivity index (χ1n) is 9.65. The van der Waals surface area contributed by atoms with Gasteiger partial charge in [-0.25, -0.2) is 19.6 Å². The number of fused-ring (bicyclic) bond motifs is 1. The number of aromatic nitrogens is 5. The van der Waals surface area contributed by atoms with Gasteiger partial charge in [0.15, 0.2) is 5.65 Å². The van der Waals surface area contributed by atoms with Crippen LogP contribution in [0.5, 0.6) is 0 Å². The molecular weight excluding hydrogens is 386 g/mol. The van der Waals surface area contributed by atoms with Crippen molar-refractivity contribution in [3.8, 4) is 0 Å². The largest absolute Gasteiger partial charge is 0.348 e. The summed E-state index contributed by atoms with van der Waals surface area (Å²) in [4.78, 5) is 17.1. The molecule has 0 radical (unpaired) electrons. The van der Waals surface area contributed by atoms with E-state index in [1.807, 2.05) is 47.4 Å². The van der Waals surface area contributed by atoms with Crippen LogP contribution in [0.2, 0.25) is 5.02 Å². The molecule has 7 nitrogen and oxygen atoms in total. The Balaban J connectivity index is 1.36. The minimum Gasteiger partial charge on any atom is -0.348 e. The normalized spacial score (nSPS) is 14.5. The monoisotopic (exact) mass is 406 g/mol. The second kappa shape index (κ2) is 7.67. The summed E-state index contributed by atoms with van der Waals surface area (Å²) in [5, 5.41) is 6.29. The van der Waals surface area contributed by atoms with E-state index in [0.717, 1.165) is 59.4 Å². The van der Waals surface area contributed by atoms with Gasteiger partial charge in [0, 0.05) is 11.1 Å². The van der Waals surface area contributed by atoms with Crippen molar-refractivity contribution in [3.63, 3.8) is 0 Å². The molecule has 0 saturated carbocycles. The van der Waals surface area contributed by atoms with E-state index in [2.05, 4.69) is 42.0 Å². The minimum atomic E-state index is 0.648. The standard InChI is InChI=1S/C21H20ClN7/c22-17-6-4-16(5-7-17)14-29-21-18(13-26-29)20(24-15-25-21)28-11-9-27(10-12-28)19-3-1-2-8-23-19/h1-8,13,15H,9-12,14H2/p+1. The zero-order chi connectivity index (χ0) is 19.6. The first-order valence-corrected chi connectivity index (χ1v) is 10.0. The van der Waals surface area contributed by atoms with E-state index in [1.54, 1.807) is 6.33 Å². The smallest absolute Gasteiger partial charge is 0.274 e. The van der Waals surface area contributed by atoms with Gasteiger partial charge >= 0.3 is 0 Å². The van der Waals surface area contributed by atoms with Crippen molar-refractivity contribution in [2.75, 3.05) is 36.0 Å². The Bertz CT molecular complexity index is 1100. The summed E-state index contributed by atoms with van der Waals surface area (Å²) < 4.78 is 1.92. The molecule has 4 heterocycles. The quantitative estimate of drug-likeness (QED) is 0.521. The number of halogens is 1. The third kappa shape index (κ3) is 3.61. The highest BCUT2D eigenvalue weighted by atomic mass is 35.5. The maximum absolute atomic E-state index is 5.99. The van der Waals surface area contributed by atoms with Gasteiger partial charge in [0.1, 0.15) is 25.2 Å². The first kappa shape index (κ1) is 17.9. The third-order valence-corrected chi connectivity index (χ3v) is 5.52. The van der Waals surface area contributed by atoms with Crippen LogP contribution < -0.4 is 14.8 Å². The van der Waals surface area contributed by atoms with Crippen LogP contribution in [0.15, 0.2) is 61.2 Å². The van der Waals surface area contributed by atoms with Crippen LogP contribution in [-0.4, -0.2) is 45.9 Å². The molecule has 0 atom stereocenters. The van der Waals surface area contributed by atoms with E-state index in [0.29, 0.717) is 6.54 Å². The number of hydrogen-bond acceptors (Lipinski definition) is 5. The predicted octanol–water partition coefficient (Wildman–Crippen LogP) is 2.67. The van der Waals surface area contributed by atoms with Gasteiger partial charge in [-0.05, 0) is 23.8 Å². The summed E-state index contributed by atoms with van der Waals surface area (Å²) >= 11 is 5.99. The molecule has 8 heteroatoms. The second-order valence-electron chi connectivity index (χ2n) is 7.09. The molecule has 3 aromatic heterocycles. The molecule has 1 N–H and O–H groups in total. The number of piperazine rings is 1. The fourth-order valence-electron chi connectivity index (χ4n) is 3.75. The topological polar surface area (TPSA) is 64.2 Å². The van der Waals surface area contributed by atoms with Crippen LogP contribution in [0.25, 0.3) is 11.0 Å². The number of nitrogens with one attached hydrogen (secondary N) is 1. The predicted molar refractivity (Wildman–Crippen MR) is 113 cm³/mol. The van der Waals surface area contributed by atoms with Crippen LogP contribution in [0.3, 0.4) is 0 Å². The number of benzene rings is 1. The van der Waals surface area contributed by atoms with Crippen molar-refractivity contribution in [2.45, 2.75) is 6.54 Å². The molecule has 0 bridgehead atoms. The van der Waals surface area contributed by atoms with E-state index in [-0.39, 0.29) is 0 Å². The fourth-order valence-corrected chi connectivity index (χ4v) is 3.88. The molecule has 5 rings (SSSR count). The van der Waals surface area contributed by atoms with Gasteiger partial charge in [0.2, 0.25) is 0 Å². The lowest BCUT2D eigenvalue weighted by Crippen LogP contribution is -2.48. The summed E-state index contributed by atoms with van der Waals surface area (Å²) in [6, 6.07) is 14.0. The van der Waals surface area contributed by atoms with Gasteiger partial charge in [-0.15, -0.1) is 0 Å². The van der Waals surface area contributed by atoms with E-state index in [9.17, 15) is 0 Å². The van der Waals surface area contributed by atoms with Crippen molar-refractivity contribution >= 4 is 34.3 Å². The molecule has 0 spiro atoms. The van der Waals surface area contributed by atoms with Gasteiger partial charge in [0.05, 0.1) is 37.4 Å². The minimum absolute atomic E-state index is 0.648. The molecule has 0 unspecified atom stereocenters. The summed E-state index contributed by atoms with van der Waals surface area (Å²) in [6.07, 6.45) is 5.47. The van der Waals surface area contributed by atoms with Crippen molar-refractivity contribution in [3.05, 3.63) is 71.8 Å². The summed E-state index contributed by atoms with van der Waals surface area (Å²) in [5.74, 6) is 2.10. The van der Waals surface area contributed by atoms with Crippen LogP contribution in [-0.2, 0) is 6.54 Å². The van der Waals surface area contributed by atoms with Crippen molar-refractivity contribution in [1.82, 2.24) is 19.7 Å². The van der Waals surface area contributed by atoms with Crippen molar-refractivity contribution in [2.24, 2.45) is 0 Å². The van der Waals surface area contributed by atoms with Crippen molar-refractivity contribution < 1.29 is 4.98 Å². The summed E-state index contributed by atoms with van der Waals surface area (Å²) in [5.41, 5.74) is 1.98. The second-order valence-corrected chi connectivity index (χ2v) is 7.52. The molecule has 4 aromatic rings. The SMILES string of the molecule is Clc1ccc(Cn2ncc3c(N4CCN(c5cccc[nH+]5)CC4)ncnc32)cc1. The maximum atomic E-state index is 5.99. The Labute approximate surface area is 173 Å². The molecule has 1 aliphatic rings. The molecule has 1 aromatic carbocycles. The van der Waals surface area contributed by atoms with Gasteiger partial charge in [-0.3, -0.25) is 4.90 Å². The van der Waals surface area contributed by atoms with Crippen LogP contribution in [0.4, 0.5) is 11.6 Å². The number of hydrogen-bond donors (Lipinski definition) is 0. The first-order chi connectivity index (χ1) is 14.3. The molecule has 29 heavy (non-hydrogen) atoms. The molecule has 146 valence electrons. The highest BCUT2D eigenvalue weighted by Crippen LogP contribution is 2.25. The summed E-state index contributed by atoms with van der Waals surface area (Å²) in [6.45, 7) is 4.32. The maximum Gasteiger partial charge on any atom is 0.274 e. The zero-order valence-electron chi connectivity index (χ0n) is 15.9. The van der Waals surface area contributed by atoms with E-state index >= 15 is 0 Å². The van der Waals surface area contributed by atoms with Gasteiger partial charge < -0.3 is 4.90 Å². The van der Waals surface area contributed by atoms with Crippen LogP contribution in [0, 0.1) is 0 Å². The molecule has 1 aliphatic heterocycles. The average molecular weight is 407 g/mol. The Kier molecular flexibility index (Phi) is 4.73. The van der Waals surface area contributed by atoms with E-state index in [4.69, 9.17) is 11.6 Å². The van der Waals surface area contributed by atoms with Crippen LogP contribution in [0.1, 0.15) is 5.56 Å². The molecular formula is C21H21ClN7+. The lowest BCUT2D eigenvalue weighted by molar-refractivity contribution is -0.364. The van der Waals surface area contributed by atoms with Gasteiger partial charge in [-0.1, -0.05) is 29.8 Å². The van der Waals surface area contributed by atoms with Gasteiger partial charge in [0.25, 0.3) is 5.82 Å². The number of nitrogens with zero attached hydrogens (tertiary/aromatic N) is 6. The Morgan fingerprint density at radius 2 is 1.72 bits per heavy atom. The van der Waals surface area contributed by atoms with E-state index < -0.39 is 0 Å². The number of aromatic amines is 1. The third-order valence-electron chi connectivity index (χ3n) is 5.27. The Morgan fingerprint density at radius 3 is 2.48 bits per heavy atom. The number of pyridine rings is 1. The Morgan fingerprint density at radius 1 is 0.931 bits per heavy atom.